The van der Waals surface area contributed by atoms with E-state index in [-0.39, 0.29) is 21.4 Å². The van der Waals surface area contributed by atoms with Gasteiger partial charge in [-0.3, -0.25) is 4.72 Å². The van der Waals surface area contributed by atoms with Gasteiger partial charge >= 0.3 is 0 Å². The molecule has 0 radical (unpaired) electrons. The van der Waals surface area contributed by atoms with Gasteiger partial charge in [-0.25, -0.2) is 21.6 Å². The van der Waals surface area contributed by atoms with Gasteiger partial charge in [0.2, 0.25) is 5.88 Å². The quantitative estimate of drug-likeness (QED) is 0.582. The first-order chi connectivity index (χ1) is 13.6. The fourth-order valence-corrected chi connectivity index (χ4v) is 4.47. The minimum atomic E-state index is -3.92. The highest BCUT2D eigenvalue weighted by molar-refractivity contribution is 7.93. The Hall–Kier alpha value is -3.05. The highest BCUT2D eigenvalue weighted by atomic mass is 32.2. The Morgan fingerprint density at radius 2 is 1.34 bits per heavy atom. The number of aryl methyl sites for hydroxylation is 1. The van der Waals surface area contributed by atoms with E-state index < -0.39 is 20.0 Å². The Balaban J connectivity index is 1.77. The monoisotopic (exact) mass is 437 g/mol. The molecule has 11 heteroatoms. The molecule has 0 aliphatic heterocycles. The van der Waals surface area contributed by atoms with Gasteiger partial charge in [0.05, 0.1) is 22.6 Å². The van der Waals surface area contributed by atoms with Gasteiger partial charge < -0.3 is 9.26 Å². The first-order valence-electron chi connectivity index (χ1n) is 8.35. The molecule has 0 spiro atoms. The summed E-state index contributed by atoms with van der Waals surface area (Å²) in [6.45, 7) is 3.38. The molecule has 1 aromatic heterocycles. The molecule has 0 aliphatic rings. The van der Waals surface area contributed by atoms with Gasteiger partial charge in [-0.05, 0) is 62.4 Å². The van der Waals surface area contributed by atoms with Crippen molar-refractivity contribution in [3.05, 3.63) is 59.8 Å². The number of hydrogen-bond acceptors (Lipinski definition) is 7. The fraction of sp³-hybridized carbons (Fsp3) is 0.167. The number of sulfonamides is 2. The molecule has 9 nitrogen and oxygen atoms in total. The normalized spacial score (nSPS) is 11.8. The molecule has 0 saturated heterocycles. The molecule has 2 aromatic carbocycles. The Bertz CT molecular complexity index is 1220. The summed E-state index contributed by atoms with van der Waals surface area (Å²) in [5, 5.41) is 3.70. The van der Waals surface area contributed by atoms with Crippen LogP contribution in [0.2, 0.25) is 0 Å². The summed E-state index contributed by atoms with van der Waals surface area (Å²) in [6, 6.07) is 11.2. The standard InChI is InChI=1S/C18H19N3O6S2/c1-12-13(2)19-27-18(12)21-29(24,25)16-8-4-14(5-9-16)20-28(22,23)17-10-6-15(26-3)7-11-17/h4-11,20-21H,1-3H3. The molecule has 154 valence electrons. The van der Waals surface area contributed by atoms with Crippen LogP contribution < -0.4 is 14.2 Å². The van der Waals surface area contributed by atoms with Crippen molar-refractivity contribution >= 4 is 31.6 Å². The molecule has 2 N–H and O–H groups in total. The predicted octanol–water partition coefficient (Wildman–Crippen LogP) is 2.90. The molecular weight excluding hydrogens is 418 g/mol. The topological polar surface area (TPSA) is 128 Å². The van der Waals surface area contributed by atoms with Gasteiger partial charge in [-0.15, -0.1) is 0 Å². The van der Waals surface area contributed by atoms with Crippen molar-refractivity contribution < 1.29 is 26.1 Å². The second kappa shape index (κ2) is 7.76. The van der Waals surface area contributed by atoms with Crippen molar-refractivity contribution in [1.82, 2.24) is 5.16 Å². The highest BCUT2D eigenvalue weighted by Crippen LogP contribution is 2.24. The Morgan fingerprint density at radius 3 is 1.83 bits per heavy atom. The third-order valence-corrected chi connectivity index (χ3v) is 6.91. The lowest BCUT2D eigenvalue weighted by atomic mass is 10.3. The van der Waals surface area contributed by atoms with Crippen LogP contribution in [0.5, 0.6) is 5.75 Å². The van der Waals surface area contributed by atoms with Crippen LogP contribution >= 0.6 is 0 Å². The first kappa shape index (κ1) is 20.7. The predicted molar refractivity (Wildman–Crippen MR) is 107 cm³/mol. The number of aromatic nitrogens is 1. The van der Waals surface area contributed by atoms with Crippen molar-refractivity contribution in [3.63, 3.8) is 0 Å². The maximum absolute atomic E-state index is 12.5. The van der Waals surface area contributed by atoms with Crippen LogP contribution in [0.15, 0.2) is 62.8 Å². The average Bonchev–Trinajstić information content (AvgIpc) is 3.00. The first-order valence-corrected chi connectivity index (χ1v) is 11.3. The molecule has 0 aliphatic carbocycles. The average molecular weight is 437 g/mol. The van der Waals surface area contributed by atoms with Gasteiger partial charge in [0.1, 0.15) is 5.75 Å². The number of nitrogens with zero attached hydrogens (tertiary/aromatic N) is 1. The summed E-state index contributed by atoms with van der Waals surface area (Å²) in [5.41, 5.74) is 1.37. The number of benzene rings is 2. The van der Waals surface area contributed by atoms with Crippen LogP contribution in [0.3, 0.4) is 0 Å². The molecule has 1 heterocycles. The number of ether oxygens (including phenoxy) is 1. The smallest absolute Gasteiger partial charge is 0.264 e. The lowest BCUT2D eigenvalue weighted by Gasteiger charge is -2.10. The van der Waals surface area contributed by atoms with Crippen molar-refractivity contribution in [3.8, 4) is 5.75 Å². The molecule has 3 rings (SSSR count). The minimum absolute atomic E-state index is 0.0341. The van der Waals surface area contributed by atoms with E-state index in [1.165, 1.54) is 55.6 Å². The van der Waals surface area contributed by atoms with E-state index >= 15 is 0 Å². The van der Waals surface area contributed by atoms with Crippen molar-refractivity contribution in [2.24, 2.45) is 0 Å². The van der Waals surface area contributed by atoms with Crippen LogP contribution in [0.1, 0.15) is 11.3 Å². The molecule has 0 fully saturated rings. The molecule has 29 heavy (non-hydrogen) atoms. The third kappa shape index (κ3) is 4.51. The molecule has 0 bridgehead atoms. The van der Waals surface area contributed by atoms with Gasteiger partial charge in [0.25, 0.3) is 20.0 Å². The summed E-state index contributed by atoms with van der Waals surface area (Å²) in [5.74, 6) is 0.565. The Labute approximate surface area is 168 Å². The summed E-state index contributed by atoms with van der Waals surface area (Å²) >= 11 is 0. The van der Waals surface area contributed by atoms with E-state index in [2.05, 4.69) is 14.6 Å². The van der Waals surface area contributed by atoms with Crippen LogP contribution in [0.25, 0.3) is 0 Å². The summed E-state index contributed by atoms with van der Waals surface area (Å²) < 4.78 is 64.6. The lowest BCUT2D eigenvalue weighted by molar-refractivity contribution is 0.414. The van der Waals surface area contributed by atoms with E-state index in [4.69, 9.17) is 9.26 Å². The molecule has 0 unspecified atom stereocenters. The zero-order chi connectivity index (χ0) is 21.2. The van der Waals surface area contributed by atoms with Gasteiger partial charge in [0, 0.05) is 11.3 Å². The maximum Gasteiger partial charge on any atom is 0.264 e. The number of anilines is 2. The van der Waals surface area contributed by atoms with E-state index in [0.29, 0.717) is 17.0 Å². The van der Waals surface area contributed by atoms with Gasteiger partial charge in [-0.1, -0.05) is 5.16 Å². The number of rotatable bonds is 7. The summed E-state index contributed by atoms with van der Waals surface area (Å²) in [6.07, 6.45) is 0. The minimum Gasteiger partial charge on any atom is -0.497 e. The van der Waals surface area contributed by atoms with Crippen LogP contribution in [0.4, 0.5) is 11.6 Å². The summed E-state index contributed by atoms with van der Waals surface area (Å²) in [7, 11) is -6.27. The number of nitrogens with one attached hydrogen (secondary N) is 2. The van der Waals surface area contributed by atoms with E-state index in [0.717, 1.165) is 0 Å². The van der Waals surface area contributed by atoms with Crippen LogP contribution in [-0.4, -0.2) is 29.1 Å². The second-order valence-corrected chi connectivity index (χ2v) is 9.50. The van der Waals surface area contributed by atoms with Crippen LogP contribution in [0, 0.1) is 13.8 Å². The molecule has 0 amide bonds. The van der Waals surface area contributed by atoms with Crippen LogP contribution in [-0.2, 0) is 20.0 Å². The number of methoxy groups -OCH3 is 1. The van der Waals surface area contributed by atoms with Gasteiger partial charge in [0.15, 0.2) is 0 Å². The van der Waals surface area contributed by atoms with Crippen molar-refractivity contribution in [2.45, 2.75) is 23.6 Å². The Morgan fingerprint density at radius 1 is 0.828 bits per heavy atom. The second-order valence-electron chi connectivity index (χ2n) is 6.13. The van der Waals surface area contributed by atoms with E-state index in [1.54, 1.807) is 13.8 Å². The van der Waals surface area contributed by atoms with E-state index in [1.807, 2.05) is 0 Å². The fourth-order valence-electron chi connectivity index (χ4n) is 2.36. The van der Waals surface area contributed by atoms with Crippen molar-refractivity contribution in [2.75, 3.05) is 16.6 Å². The zero-order valence-electron chi connectivity index (χ0n) is 15.8. The Kier molecular flexibility index (Phi) is 5.53. The number of hydrogen-bond donors (Lipinski definition) is 2. The molecule has 3 aromatic rings. The molecule has 0 atom stereocenters. The highest BCUT2D eigenvalue weighted by Gasteiger charge is 2.20. The lowest BCUT2D eigenvalue weighted by Crippen LogP contribution is -2.14. The SMILES string of the molecule is COc1ccc(S(=O)(=O)Nc2ccc(S(=O)(=O)Nc3onc(C)c3C)cc2)cc1. The van der Waals surface area contributed by atoms with E-state index in [9.17, 15) is 16.8 Å². The van der Waals surface area contributed by atoms with Crippen molar-refractivity contribution in [1.29, 1.82) is 0 Å². The third-order valence-electron chi connectivity index (χ3n) is 4.17. The maximum atomic E-state index is 12.5. The largest absolute Gasteiger partial charge is 0.497 e. The molecule has 0 saturated carbocycles. The zero-order valence-corrected chi connectivity index (χ0v) is 17.5. The molecular formula is C18H19N3O6S2. The van der Waals surface area contributed by atoms with Gasteiger partial charge in [-0.2, -0.15) is 0 Å². The summed E-state index contributed by atoms with van der Waals surface area (Å²) in [4.78, 5) is -0.00817.